The average molecular weight is 459 g/mol. The molecule has 1 heterocycles. The molecule has 0 aromatic heterocycles. The summed E-state index contributed by atoms with van der Waals surface area (Å²) in [6.45, 7) is 1.43. The Bertz CT molecular complexity index is 1160. The number of nitrogens with zero attached hydrogens (tertiary/aromatic N) is 1. The molecule has 2 amide bonds. The quantitative estimate of drug-likeness (QED) is 0.474. The van der Waals surface area contributed by atoms with Gasteiger partial charge in [0.05, 0.1) is 17.5 Å². The molecule has 3 rings (SSSR count). The van der Waals surface area contributed by atoms with Crippen LogP contribution in [0.5, 0.6) is 0 Å². The Morgan fingerprint density at radius 3 is 2.19 bits per heavy atom. The maximum atomic E-state index is 12.5. The number of nitrogens with one attached hydrogen (secondary N) is 2. The first kappa shape index (κ1) is 22.9. The topological polar surface area (TPSA) is 139 Å². The number of hydrazine groups is 1. The van der Waals surface area contributed by atoms with Crippen LogP contribution >= 0.6 is 0 Å². The lowest BCUT2D eigenvalue weighted by Crippen LogP contribution is -2.50. The van der Waals surface area contributed by atoms with Crippen LogP contribution in [0.3, 0.4) is 0 Å². The molecule has 0 radical (unpaired) electrons. The summed E-state index contributed by atoms with van der Waals surface area (Å²) < 4.78 is 30.0. The van der Waals surface area contributed by atoms with Gasteiger partial charge < -0.3 is 4.74 Å². The summed E-state index contributed by atoms with van der Waals surface area (Å²) in [7, 11) is -3.44. The number of ketones is 1. The van der Waals surface area contributed by atoms with Crippen LogP contribution < -0.4 is 15.2 Å². The summed E-state index contributed by atoms with van der Waals surface area (Å²) in [5.74, 6) is -1.73. The second-order valence-corrected chi connectivity index (χ2v) is 8.92. The van der Waals surface area contributed by atoms with Gasteiger partial charge in [0.2, 0.25) is 27.6 Å². The van der Waals surface area contributed by atoms with Crippen molar-refractivity contribution < 1.29 is 32.3 Å². The Hall–Kier alpha value is -3.73. The summed E-state index contributed by atoms with van der Waals surface area (Å²) >= 11 is 0. The molecule has 1 atom stereocenters. The molecule has 10 nitrogen and oxygen atoms in total. The van der Waals surface area contributed by atoms with E-state index in [1.807, 2.05) is 0 Å². The van der Waals surface area contributed by atoms with Crippen molar-refractivity contribution in [2.45, 2.75) is 25.9 Å². The lowest BCUT2D eigenvalue weighted by Gasteiger charge is -2.27. The first-order valence-corrected chi connectivity index (χ1v) is 11.5. The number of sulfonamides is 1. The highest BCUT2D eigenvalue weighted by atomic mass is 32.2. The Kier molecular flexibility index (Phi) is 6.58. The highest BCUT2D eigenvalue weighted by molar-refractivity contribution is 7.92. The minimum absolute atomic E-state index is 0.0978. The van der Waals surface area contributed by atoms with E-state index in [4.69, 9.17) is 4.74 Å². The van der Waals surface area contributed by atoms with E-state index >= 15 is 0 Å². The zero-order chi connectivity index (χ0) is 23.5. The van der Waals surface area contributed by atoms with Gasteiger partial charge in [0, 0.05) is 24.1 Å². The van der Waals surface area contributed by atoms with E-state index in [1.165, 1.54) is 55.5 Å². The van der Waals surface area contributed by atoms with Gasteiger partial charge in [0.1, 0.15) is 0 Å². The number of benzene rings is 2. The number of carbonyl (C=O) groups is 4. The molecule has 1 fully saturated rings. The van der Waals surface area contributed by atoms with Crippen LogP contribution in [0.25, 0.3) is 0 Å². The number of esters is 1. The molecule has 1 aliphatic rings. The van der Waals surface area contributed by atoms with Crippen molar-refractivity contribution in [1.82, 2.24) is 5.43 Å². The lowest BCUT2D eigenvalue weighted by molar-refractivity contribution is -0.130. The van der Waals surface area contributed by atoms with Crippen molar-refractivity contribution in [3.05, 3.63) is 59.7 Å². The third kappa shape index (κ3) is 5.70. The van der Waals surface area contributed by atoms with Crippen molar-refractivity contribution in [3.63, 3.8) is 0 Å². The predicted octanol–water partition coefficient (Wildman–Crippen LogP) is 1.64. The second-order valence-electron chi connectivity index (χ2n) is 7.17. The largest absolute Gasteiger partial charge is 0.451 e. The number of rotatable bonds is 7. The molecular formula is C21H21N3O7S. The van der Waals surface area contributed by atoms with Crippen LogP contribution in [0.2, 0.25) is 0 Å². The fourth-order valence-corrected chi connectivity index (χ4v) is 3.53. The molecule has 32 heavy (non-hydrogen) atoms. The van der Waals surface area contributed by atoms with Crippen molar-refractivity contribution in [2.24, 2.45) is 0 Å². The third-order valence-corrected chi connectivity index (χ3v) is 5.15. The van der Waals surface area contributed by atoms with Gasteiger partial charge in [-0.2, -0.15) is 0 Å². The molecule has 1 aliphatic heterocycles. The van der Waals surface area contributed by atoms with E-state index in [1.54, 1.807) is 0 Å². The molecule has 2 N–H and O–H groups in total. The van der Waals surface area contributed by atoms with Crippen LogP contribution in [-0.4, -0.2) is 44.3 Å². The molecule has 168 valence electrons. The van der Waals surface area contributed by atoms with Gasteiger partial charge in [0.15, 0.2) is 6.10 Å². The number of ether oxygens (including phenoxy) is 1. The Morgan fingerprint density at radius 1 is 1.00 bits per heavy atom. The van der Waals surface area contributed by atoms with E-state index in [9.17, 15) is 27.6 Å². The zero-order valence-corrected chi connectivity index (χ0v) is 18.1. The fourth-order valence-electron chi connectivity index (χ4n) is 2.96. The number of carbonyl (C=O) groups excluding carboxylic acids is 4. The highest BCUT2D eigenvalue weighted by Crippen LogP contribution is 2.19. The normalized spacial score (nSPS) is 15.0. The van der Waals surface area contributed by atoms with Crippen LogP contribution in [0.15, 0.2) is 48.5 Å². The zero-order valence-electron chi connectivity index (χ0n) is 17.3. The molecule has 2 aromatic carbocycles. The number of amides is 2. The lowest BCUT2D eigenvalue weighted by atomic mass is 10.1. The Morgan fingerprint density at radius 2 is 1.59 bits per heavy atom. The minimum atomic E-state index is -3.44. The standard InChI is InChI=1S/C21H21N3O7S/c1-13(20(27)14-3-7-16(8-4-14)23-32(2,29)30)31-21(28)15-5-9-17(10-6-15)24-19(26)12-11-18(25)22-24/h3-10,13,23H,11-12H2,1-2H3,(H,22,25). The van der Waals surface area contributed by atoms with E-state index in [-0.39, 0.29) is 35.8 Å². The first-order chi connectivity index (χ1) is 15.0. The van der Waals surface area contributed by atoms with Gasteiger partial charge in [-0.3, -0.25) is 24.5 Å². The van der Waals surface area contributed by atoms with Crippen molar-refractivity contribution in [3.8, 4) is 0 Å². The Labute approximate surface area is 184 Å². The van der Waals surface area contributed by atoms with Crippen LogP contribution in [0.1, 0.15) is 40.5 Å². The van der Waals surface area contributed by atoms with Crippen molar-refractivity contribution >= 4 is 45.0 Å². The number of hydrogen-bond donors (Lipinski definition) is 2. The van der Waals surface area contributed by atoms with E-state index in [2.05, 4.69) is 10.1 Å². The molecule has 1 unspecified atom stereocenters. The summed E-state index contributed by atoms with van der Waals surface area (Å²) in [5, 5.41) is 1.12. The highest BCUT2D eigenvalue weighted by Gasteiger charge is 2.25. The number of hydrogen-bond acceptors (Lipinski definition) is 7. The van der Waals surface area contributed by atoms with E-state index in [0.717, 1.165) is 11.3 Å². The molecule has 0 bridgehead atoms. The molecule has 0 spiro atoms. The molecule has 0 aliphatic carbocycles. The van der Waals surface area contributed by atoms with Gasteiger partial charge in [-0.15, -0.1) is 0 Å². The monoisotopic (exact) mass is 459 g/mol. The van der Waals surface area contributed by atoms with Gasteiger partial charge >= 0.3 is 5.97 Å². The third-order valence-electron chi connectivity index (χ3n) is 4.54. The van der Waals surface area contributed by atoms with Gasteiger partial charge in [-0.05, 0) is 55.5 Å². The molecule has 2 aromatic rings. The molecule has 11 heteroatoms. The van der Waals surface area contributed by atoms with E-state index < -0.39 is 27.9 Å². The van der Waals surface area contributed by atoms with E-state index in [0.29, 0.717) is 11.4 Å². The maximum absolute atomic E-state index is 12.5. The van der Waals surface area contributed by atoms with Crippen LogP contribution in [0.4, 0.5) is 11.4 Å². The Balaban J connectivity index is 1.63. The number of anilines is 2. The summed E-state index contributed by atoms with van der Waals surface area (Å²) in [6, 6.07) is 11.5. The molecule has 1 saturated heterocycles. The molecular weight excluding hydrogens is 438 g/mol. The van der Waals surface area contributed by atoms with Crippen LogP contribution in [-0.2, 0) is 24.3 Å². The van der Waals surface area contributed by atoms with Gasteiger partial charge in [-0.1, -0.05) is 0 Å². The average Bonchev–Trinajstić information content (AvgIpc) is 2.74. The predicted molar refractivity (Wildman–Crippen MR) is 115 cm³/mol. The summed E-state index contributed by atoms with van der Waals surface area (Å²) in [6.07, 6.45) is 0.155. The van der Waals surface area contributed by atoms with Gasteiger partial charge in [-0.25, -0.2) is 18.2 Å². The SMILES string of the molecule is CC(OC(=O)c1ccc(N2NC(=O)CCC2=O)cc1)C(=O)c1ccc(NS(C)(=O)=O)cc1. The van der Waals surface area contributed by atoms with Crippen molar-refractivity contribution in [1.29, 1.82) is 0 Å². The van der Waals surface area contributed by atoms with Crippen LogP contribution in [0, 0.1) is 0 Å². The summed E-state index contributed by atoms with van der Waals surface area (Å²) in [4.78, 5) is 48.4. The minimum Gasteiger partial charge on any atom is -0.451 e. The van der Waals surface area contributed by atoms with Crippen molar-refractivity contribution in [2.75, 3.05) is 16.0 Å². The van der Waals surface area contributed by atoms with Gasteiger partial charge in [0.25, 0.3) is 0 Å². The summed E-state index contributed by atoms with van der Waals surface area (Å²) in [5.41, 5.74) is 3.57. The molecule has 0 saturated carbocycles. The maximum Gasteiger partial charge on any atom is 0.338 e. The second kappa shape index (κ2) is 9.18. The first-order valence-electron chi connectivity index (χ1n) is 9.59. The smallest absolute Gasteiger partial charge is 0.338 e. The fraction of sp³-hybridized carbons (Fsp3) is 0.238. The number of Topliss-reactive ketones (excluding diaryl/α,β-unsaturated/α-hetero) is 1.